The zero-order chi connectivity index (χ0) is 12.3. The molecule has 17 heavy (non-hydrogen) atoms. The molecule has 1 unspecified atom stereocenters. The minimum absolute atomic E-state index is 0.0742. The molecule has 92 valence electrons. The highest BCUT2D eigenvalue weighted by Gasteiger charge is 2.25. The molecule has 1 aromatic rings. The van der Waals surface area contributed by atoms with E-state index in [9.17, 15) is 10.1 Å². The average molecular weight is 236 g/mol. The van der Waals surface area contributed by atoms with Crippen LogP contribution in [0.25, 0.3) is 0 Å². The van der Waals surface area contributed by atoms with Gasteiger partial charge in [0.25, 0.3) is 0 Å². The molecule has 6 nitrogen and oxygen atoms in total. The van der Waals surface area contributed by atoms with E-state index in [1.807, 2.05) is 4.90 Å². The van der Waals surface area contributed by atoms with Gasteiger partial charge in [-0.15, -0.1) is 0 Å². The largest absolute Gasteiger partial charge is 0.351 e. The van der Waals surface area contributed by atoms with Crippen LogP contribution in [0, 0.1) is 16.0 Å². The van der Waals surface area contributed by atoms with E-state index in [-0.39, 0.29) is 10.6 Å². The van der Waals surface area contributed by atoms with Crippen molar-refractivity contribution in [1.82, 2.24) is 4.98 Å². The third kappa shape index (κ3) is 2.52. The van der Waals surface area contributed by atoms with Crippen molar-refractivity contribution in [3.8, 4) is 0 Å². The van der Waals surface area contributed by atoms with Crippen LogP contribution in [-0.4, -0.2) is 29.5 Å². The van der Waals surface area contributed by atoms with E-state index in [1.165, 1.54) is 6.07 Å². The van der Waals surface area contributed by atoms with Crippen molar-refractivity contribution < 1.29 is 4.92 Å². The topological polar surface area (TPSA) is 85.3 Å². The Balaban J connectivity index is 2.24. The number of nitrogens with zero attached hydrogens (tertiary/aromatic N) is 3. The number of rotatable bonds is 3. The number of piperidine rings is 1. The first-order valence-corrected chi connectivity index (χ1v) is 5.76. The number of hydrogen-bond acceptors (Lipinski definition) is 5. The summed E-state index contributed by atoms with van der Waals surface area (Å²) in [5, 5.41) is 10.9. The summed E-state index contributed by atoms with van der Waals surface area (Å²) in [5.74, 6) is 0.876. The maximum absolute atomic E-state index is 10.9. The summed E-state index contributed by atoms with van der Waals surface area (Å²) in [4.78, 5) is 16.7. The molecule has 2 heterocycles. The Hall–Kier alpha value is -1.69. The summed E-state index contributed by atoms with van der Waals surface area (Å²) in [6.07, 6.45) is 3.69. The number of pyridine rings is 1. The second-order valence-corrected chi connectivity index (χ2v) is 4.29. The van der Waals surface area contributed by atoms with Crippen LogP contribution >= 0.6 is 0 Å². The Morgan fingerprint density at radius 3 is 3.18 bits per heavy atom. The Bertz CT molecular complexity index is 410. The monoisotopic (exact) mass is 236 g/mol. The number of anilines is 1. The molecule has 2 rings (SSSR count). The molecule has 0 saturated carbocycles. The minimum Gasteiger partial charge on any atom is -0.351 e. The van der Waals surface area contributed by atoms with Crippen molar-refractivity contribution in [3.63, 3.8) is 0 Å². The first-order valence-electron chi connectivity index (χ1n) is 5.76. The Morgan fingerprint density at radius 1 is 1.65 bits per heavy atom. The van der Waals surface area contributed by atoms with E-state index in [1.54, 1.807) is 12.3 Å². The summed E-state index contributed by atoms with van der Waals surface area (Å²) in [5.41, 5.74) is 5.73. The van der Waals surface area contributed by atoms with Gasteiger partial charge in [0.15, 0.2) is 0 Å². The molecule has 0 aliphatic carbocycles. The summed E-state index contributed by atoms with van der Waals surface area (Å²) in [6, 6.07) is 3.08. The van der Waals surface area contributed by atoms with Crippen LogP contribution in [0.15, 0.2) is 18.3 Å². The van der Waals surface area contributed by atoms with Gasteiger partial charge < -0.3 is 10.6 Å². The van der Waals surface area contributed by atoms with Gasteiger partial charge in [-0.1, -0.05) is 0 Å². The highest BCUT2D eigenvalue weighted by molar-refractivity contribution is 5.57. The fourth-order valence-corrected chi connectivity index (χ4v) is 2.22. The normalized spacial score (nSPS) is 20.3. The van der Waals surface area contributed by atoms with Crippen LogP contribution in [0.5, 0.6) is 0 Å². The lowest BCUT2D eigenvalue weighted by atomic mass is 9.98. The van der Waals surface area contributed by atoms with E-state index >= 15 is 0 Å². The molecule has 1 fully saturated rings. The van der Waals surface area contributed by atoms with Gasteiger partial charge in [0.1, 0.15) is 0 Å². The predicted molar refractivity (Wildman–Crippen MR) is 64.9 cm³/mol. The van der Waals surface area contributed by atoms with E-state index in [0.717, 1.165) is 25.9 Å². The number of hydrogen-bond donors (Lipinski definition) is 1. The SMILES string of the molecule is NCC1CCCN(c2ncccc2[N+](=O)[O-])C1. The molecule has 0 bridgehead atoms. The van der Waals surface area contributed by atoms with Gasteiger partial charge in [0.2, 0.25) is 5.82 Å². The van der Waals surface area contributed by atoms with Crippen LogP contribution in [0.4, 0.5) is 11.5 Å². The molecular formula is C11H16N4O2. The minimum atomic E-state index is -0.381. The van der Waals surface area contributed by atoms with E-state index in [4.69, 9.17) is 5.73 Å². The third-order valence-electron chi connectivity index (χ3n) is 3.11. The lowest BCUT2D eigenvalue weighted by Gasteiger charge is -2.32. The quantitative estimate of drug-likeness (QED) is 0.628. The Labute approximate surface area is 99.6 Å². The molecule has 0 aromatic carbocycles. The Morgan fingerprint density at radius 2 is 2.47 bits per heavy atom. The van der Waals surface area contributed by atoms with Crippen molar-refractivity contribution in [3.05, 3.63) is 28.4 Å². The Kier molecular flexibility index (Phi) is 3.53. The number of aromatic nitrogens is 1. The van der Waals surface area contributed by atoms with Crippen LogP contribution in [0.2, 0.25) is 0 Å². The molecule has 1 aromatic heterocycles. The predicted octanol–water partition coefficient (Wildman–Crippen LogP) is 1.16. The van der Waals surface area contributed by atoms with Gasteiger partial charge in [-0.25, -0.2) is 4.98 Å². The van der Waals surface area contributed by atoms with Gasteiger partial charge in [-0.05, 0) is 31.4 Å². The van der Waals surface area contributed by atoms with Gasteiger partial charge in [-0.2, -0.15) is 0 Å². The van der Waals surface area contributed by atoms with Crippen molar-refractivity contribution >= 4 is 11.5 Å². The number of nitrogens with two attached hydrogens (primary N) is 1. The van der Waals surface area contributed by atoms with E-state index < -0.39 is 0 Å². The average Bonchev–Trinajstić information content (AvgIpc) is 2.39. The lowest BCUT2D eigenvalue weighted by Crippen LogP contribution is -2.39. The maximum atomic E-state index is 10.9. The van der Waals surface area contributed by atoms with Gasteiger partial charge in [-0.3, -0.25) is 10.1 Å². The molecule has 2 N–H and O–H groups in total. The third-order valence-corrected chi connectivity index (χ3v) is 3.11. The van der Waals surface area contributed by atoms with Gasteiger partial charge in [0.05, 0.1) is 4.92 Å². The fourth-order valence-electron chi connectivity index (χ4n) is 2.22. The second kappa shape index (κ2) is 5.09. The van der Waals surface area contributed by atoms with Gasteiger partial charge in [0, 0.05) is 25.4 Å². The molecule has 1 saturated heterocycles. The van der Waals surface area contributed by atoms with Crippen molar-refractivity contribution in [2.45, 2.75) is 12.8 Å². The van der Waals surface area contributed by atoms with Crippen LogP contribution in [-0.2, 0) is 0 Å². The molecule has 1 aliphatic rings. The number of nitro groups is 1. The first kappa shape index (κ1) is 11.8. The summed E-state index contributed by atoms with van der Waals surface area (Å²) in [7, 11) is 0. The van der Waals surface area contributed by atoms with Crippen molar-refractivity contribution in [2.75, 3.05) is 24.5 Å². The van der Waals surface area contributed by atoms with E-state index in [0.29, 0.717) is 18.3 Å². The molecule has 0 amide bonds. The highest BCUT2D eigenvalue weighted by Crippen LogP contribution is 2.28. The summed E-state index contributed by atoms with van der Waals surface area (Å²) >= 11 is 0. The lowest BCUT2D eigenvalue weighted by molar-refractivity contribution is -0.384. The standard InChI is InChI=1S/C11H16N4O2/c12-7-9-3-2-6-14(8-9)11-10(15(16)17)4-1-5-13-11/h1,4-5,9H,2-3,6-8,12H2. The molecular weight excluding hydrogens is 220 g/mol. The van der Waals surface area contributed by atoms with E-state index in [2.05, 4.69) is 4.98 Å². The first-order chi connectivity index (χ1) is 8.22. The maximum Gasteiger partial charge on any atom is 0.311 e. The second-order valence-electron chi connectivity index (χ2n) is 4.29. The smallest absolute Gasteiger partial charge is 0.311 e. The molecule has 0 radical (unpaired) electrons. The summed E-state index contributed by atoms with van der Waals surface area (Å²) < 4.78 is 0. The zero-order valence-corrected chi connectivity index (χ0v) is 9.58. The molecule has 1 atom stereocenters. The molecule has 1 aliphatic heterocycles. The van der Waals surface area contributed by atoms with Crippen molar-refractivity contribution in [2.24, 2.45) is 11.7 Å². The van der Waals surface area contributed by atoms with Gasteiger partial charge >= 0.3 is 5.69 Å². The van der Waals surface area contributed by atoms with Crippen LogP contribution in [0.1, 0.15) is 12.8 Å². The fraction of sp³-hybridized carbons (Fsp3) is 0.545. The molecule has 6 heteroatoms. The van der Waals surface area contributed by atoms with Crippen LogP contribution in [0.3, 0.4) is 0 Å². The van der Waals surface area contributed by atoms with Crippen LogP contribution < -0.4 is 10.6 Å². The summed E-state index contributed by atoms with van der Waals surface area (Å²) in [6.45, 7) is 2.19. The highest BCUT2D eigenvalue weighted by atomic mass is 16.6. The zero-order valence-electron chi connectivity index (χ0n) is 9.58. The van der Waals surface area contributed by atoms with Crippen molar-refractivity contribution in [1.29, 1.82) is 0 Å². The molecule has 0 spiro atoms.